The molecule has 248 valence electrons. The third-order valence-electron chi connectivity index (χ3n) is 4.48. The largest absolute Gasteiger partial charge is 0.474 e. The van der Waals surface area contributed by atoms with E-state index in [1.54, 1.807) is 0 Å². The van der Waals surface area contributed by atoms with Gasteiger partial charge in [0.15, 0.2) is 41.6 Å². The van der Waals surface area contributed by atoms with E-state index in [0.29, 0.717) is 0 Å². The van der Waals surface area contributed by atoms with Gasteiger partial charge in [0.1, 0.15) is 0 Å². The summed E-state index contributed by atoms with van der Waals surface area (Å²) in [5, 5.41) is 0. The average Bonchev–Trinajstić information content (AvgIpc) is 2.37. The van der Waals surface area contributed by atoms with E-state index in [1.807, 2.05) is 19.6 Å². The highest BCUT2D eigenvalue weighted by Gasteiger charge is 2.60. The van der Waals surface area contributed by atoms with E-state index in [2.05, 4.69) is 124 Å². The van der Waals surface area contributed by atoms with Gasteiger partial charge in [-0.15, -0.1) is 0 Å². The monoisotopic (exact) mass is 752 g/mol. The molecular weight excluding hydrogens is 685 g/mol. The molecule has 41 heavy (non-hydrogen) atoms. The van der Waals surface area contributed by atoms with Crippen molar-refractivity contribution in [3.05, 3.63) is 0 Å². The van der Waals surface area contributed by atoms with Crippen molar-refractivity contribution >= 4 is 84.6 Å². The second-order valence-electron chi connectivity index (χ2n) is 17.8. The highest BCUT2D eigenvalue weighted by atomic mass is 28.6. The zero-order valence-corrected chi connectivity index (χ0v) is 41.0. The molecule has 0 N–H and O–H groups in total. The van der Waals surface area contributed by atoms with E-state index >= 15 is 0 Å². The summed E-state index contributed by atoms with van der Waals surface area (Å²) in [6.07, 6.45) is 0. The van der Waals surface area contributed by atoms with Crippen molar-refractivity contribution in [2.24, 2.45) is 0 Å². The minimum atomic E-state index is -3.56. The van der Waals surface area contributed by atoms with E-state index in [-0.39, 0.29) is 0 Å². The Hall–Kier alpha value is 1.85. The van der Waals surface area contributed by atoms with Gasteiger partial charge < -0.3 is 32.9 Å². The van der Waals surface area contributed by atoms with Gasteiger partial charge in [-0.25, -0.2) is 0 Å². The molecule has 0 aliphatic heterocycles. The Labute approximate surface area is 265 Å². The smallest absolute Gasteiger partial charge is 0.437 e. The normalized spacial score (nSPS) is 17.1. The molecule has 0 amide bonds. The van der Waals surface area contributed by atoms with Crippen LogP contribution in [0.25, 0.3) is 0 Å². The van der Waals surface area contributed by atoms with Crippen molar-refractivity contribution in [1.29, 1.82) is 0 Å². The third-order valence-corrected chi connectivity index (χ3v) is 40.3. The molecule has 0 rings (SSSR count). The predicted octanol–water partition coefficient (Wildman–Crippen LogP) is 8.95. The molecule has 0 fully saturated rings. The number of hydrogen-bond donors (Lipinski definition) is 0. The van der Waals surface area contributed by atoms with E-state index in [1.165, 1.54) is 0 Å². The Kier molecular flexibility index (Phi) is 14.5. The fourth-order valence-electron chi connectivity index (χ4n) is 5.18. The lowest BCUT2D eigenvalue weighted by molar-refractivity contribution is 0.142. The van der Waals surface area contributed by atoms with Crippen LogP contribution in [0.3, 0.4) is 0 Å². The maximum Gasteiger partial charge on any atom is 0.474 e. The van der Waals surface area contributed by atoms with Crippen molar-refractivity contribution in [2.75, 3.05) is 0 Å². The molecule has 18 heteroatoms. The molecule has 0 heterocycles. The molecule has 0 aliphatic rings. The van der Waals surface area contributed by atoms with Crippen LogP contribution in [-0.4, -0.2) is 84.6 Å². The molecule has 8 nitrogen and oxygen atoms in total. The van der Waals surface area contributed by atoms with Crippen molar-refractivity contribution < 1.29 is 32.9 Å². The van der Waals surface area contributed by atoms with Crippen LogP contribution in [0.4, 0.5) is 0 Å². The Morgan fingerprint density at radius 1 is 0.268 bits per heavy atom. The molecule has 1 unspecified atom stereocenters. The standard InChI is InChI=1S/C23H68O8Si10/c1-32(2,3)23-38(19,24-33(4,5)6)29-41(22,30-39(20,25-34(7,8)9)26-35(10,11)12)31-40(21,27-36(13,14)15)28-37(16,17)18/h23H2,1-22H3. The summed E-state index contributed by atoms with van der Waals surface area (Å²) in [6.45, 7) is 48.2. The van der Waals surface area contributed by atoms with E-state index in [0.717, 1.165) is 5.67 Å². The van der Waals surface area contributed by atoms with Crippen molar-refractivity contribution in [1.82, 2.24) is 0 Å². The van der Waals surface area contributed by atoms with E-state index < -0.39 is 84.6 Å². The fraction of sp³-hybridized carbons (Fsp3) is 1.00. The Balaban J connectivity index is 7.24. The van der Waals surface area contributed by atoms with Crippen LogP contribution in [0.5, 0.6) is 0 Å². The van der Waals surface area contributed by atoms with Crippen LogP contribution < -0.4 is 0 Å². The first-order valence-corrected chi connectivity index (χ1v) is 44.9. The average molecular weight is 754 g/mol. The van der Waals surface area contributed by atoms with Crippen LogP contribution in [0.15, 0.2) is 0 Å². The highest BCUT2D eigenvalue weighted by Crippen LogP contribution is 2.35. The van der Waals surface area contributed by atoms with Crippen LogP contribution in [-0.2, 0) is 32.9 Å². The van der Waals surface area contributed by atoms with Gasteiger partial charge in [0.2, 0.25) is 0 Å². The minimum absolute atomic E-state index is 0.934. The number of rotatable bonds is 18. The van der Waals surface area contributed by atoms with Gasteiger partial charge in [-0.3, -0.25) is 0 Å². The molecule has 0 saturated heterocycles. The molecule has 0 aromatic heterocycles. The summed E-state index contributed by atoms with van der Waals surface area (Å²) in [5.41, 5.74) is 0.934. The van der Waals surface area contributed by atoms with Gasteiger partial charge >= 0.3 is 35.0 Å². The number of hydrogen-bond acceptors (Lipinski definition) is 8. The van der Waals surface area contributed by atoms with Crippen molar-refractivity contribution in [2.45, 2.75) is 150 Å². The Bertz CT molecular complexity index is 681. The molecule has 0 saturated carbocycles. The Morgan fingerprint density at radius 2 is 0.488 bits per heavy atom. The summed E-state index contributed by atoms with van der Waals surface area (Å²) < 4.78 is 55.9. The van der Waals surface area contributed by atoms with Gasteiger partial charge in [-0.1, -0.05) is 19.6 Å². The molecule has 0 aliphatic carbocycles. The zero-order valence-electron chi connectivity index (χ0n) is 31.0. The van der Waals surface area contributed by atoms with E-state index in [4.69, 9.17) is 32.9 Å². The molecule has 0 radical (unpaired) electrons. The first-order valence-electron chi connectivity index (χ1n) is 15.0. The van der Waals surface area contributed by atoms with Crippen molar-refractivity contribution in [3.63, 3.8) is 0 Å². The van der Waals surface area contributed by atoms with Gasteiger partial charge in [-0.05, 0) is 110 Å². The molecular formula is C23H68O8Si10. The van der Waals surface area contributed by atoms with Gasteiger partial charge in [0.05, 0.1) is 0 Å². The maximum absolute atomic E-state index is 7.32. The predicted molar refractivity (Wildman–Crippen MR) is 200 cm³/mol. The summed E-state index contributed by atoms with van der Waals surface area (Å²) in [5.74, 6) is 0. The van der Waals surface area contributed by atoms with E-state index in [9.17, 15) is 0 Å². The van der Waals surface area contributed by atoms with Crippen LogP contribution in [0.2, 0.25) is 150 Å². The topological polar surface area (TPSA) is 73.8 Å². The molecule has 0 bridgehead atoms. The summed E-state index contributed by atoms with van der Waals surface area (Å²) in [7, 11) is -24.6. The first-order chi connectivity index (χ1) is 17.4. The Morgan fingerprint density at radius 3 is 0.683 bits per heavy atom. The maximum atomic E-state index is 7.32. The molecule has 0 spiro atoms. The molecule has 0 aromatic carbocycles. The fourth-order valence-corrected chi connectivity index (χ4v) is 51.7. The van der Waals surface area contributed by atoms with Crippen LogP contribution >= 0.6 is 0 Å². The lowest BCUT2D eigenvalue weighted by atomic mass is 11.7. The summed E-state index contributed by atoms with van der Waals surface area (Å²) in [4.78, 5) is 0. The van der Waals surface area contributed by atoms with Gasteiger partial charge in [-0.2, -0.15) is 0 Å². The lowest BCUT2D eigenvalue weighted by Crippen LogP contribution is -2.69. The SMILES string of the molecule is C[Si](C)(C)C[Si](C)(O[Si](C)(C)C)O[Si](C)(O[Si](C)(O[Si](C)(C)C)O[Si](C)(C)C)O[Si](C)(O[Si](C)(C)C)O[Si](C)(C)C. The van der Waals surface area contributed by atoms with Gasteiger partial charge in [0.25, 0.3) is 0 Å². The lowest BCUT2D eigenvalue weighted by Gasteiger charge is -2.48. The van der Waals surface area contributed by atoms with Crippen molar-refractivity contribution in [3.8, 4) is 0 Å². The first kappa shape index (κ1) is 42.8. The van der Waals surface area contributed by atoms with Crippen LogP contribution in [0.1, 0.15) is 0 Å². The molecule has 0 aromatic rings. The zero-order chi connectivity index (χ0) is 33.4. The van der Waals surface area contributed by atoms with Gasteiger partial charge in [0, 0.05) is 27.7 Å². The summed E-state index contributed by atoms with van der Waals surface area (Å²) >= 11 is 0. The van der Waals surface area contributed by atoms with Crippen LogP contribution in [0, 0.1) is 0 Å². The quantitative estimate of drug-likeness (QED) is 0.129. The molecule has 1 atom stereocenters. The summed E-state index contributed by atoms with van der Waals surface area (Å²) in [6, 6.07) is 0. The minimum Gasteiger partial charge on any atom is -0.437 e. The third kappa shape index (κ3) is 21.3. The highest BCUT2D eigenvalue weighted by molar-refractivity contribution is 6.98. The second-order valence-corrected chi connectivity index (χ2v) is 59.5. The second kappa shape index (κ2) is 13.9.